The monoisotopic (exact) mass is 307 g/mol. The maximum atomic E-state index is 13.3. The molecule has 0 fully saturated rings. The summed E-state index contributed by atoms with van der Waals surface area (Å²) in [5.41, 5.74) is 1.84. The van der Waals surface area contributed by atoms with E-state index >= 15 is 0 Å². The molecule has 2 aromatic carbocycles. The molecule has 1 N–H and O–H groups in total. The van der Waals surface area contributed by atoms with E-state index in [4.69, 9.17) is 11.6 Å². The molecular weight excluding hydrogens is 296 g/mol. The molecule has 0 bridgehead atoms. The summed E-state index contributed by atoms with van der Waals surface area (Å²) in [6.45, 7) is 1.15. The van der Waals surface area contributed by atoms with Gasteiger partial charge in [-0.3, -0.25) is 0 Å². The molecule has 3 aromatic rings. The summed E-state index contributed by atoms with van der Waals surface area (Å²) >= 11 is 6.05. The number of para-hydroxylation sites is 1. The van der Waals surface area contributed by atoms with Crippen molar-refractivity contribution in [1.29, 1.82) is 0 Å². The van der Waals surface area contributed by atoms with Crippen LogP contribution < -0.4 is 5.32 Å². The number of fused-ring (bicyclic) bond motifs is 1. The Labute approximate surface area is 125 Å². The molecule has 0 aliphatic heterocycles. The van der Waals surface area contributed by atoms with Gasteiger partial charge in [0.05, 0.1) is 28.1 Å². The fraction of sp³-hybridized carbons (Fsp3) is 0.133. The van der Waals surface area contributed by atoms with Gasteiger partial charge in [0.15, 0.2) is 11.6 Å². The molecule has 0 saturated heterocycles. The Morgan fingerprint density at radius 3 is 2.71 bits per heavy atom. The van der Waals surface area contributed by atoms with Crippen molar-refractivity contribution >= 4 is 28.3 Å². The lowest BCUT2D eigenvalue weighted by Gasteiger charge is -2.09. The Bertz CT molecular complexity index is 786. The van der Waals surface area contributed by atoms with Crippen LogP contribution in [0.5, 0.6) is 0 Å². The van der Waals surface area contributed by atoms with E-state index in [0.717, 1.165) is 17.8 Å². The lowest BCUT2D eigenvalue weighted by atomic mass is 10.3. The van der Waals surface area contributed by atoms with Crippen LogP contribution in [-0.4, -0.2) is 16.1 Å². The van der Waals surface area contributed by atoms with E-state index < -0.39 is 11.6 Å². The van der Waals surface area contributed by atoms with Gasteiger partial charge in [-0.25, -0.2) is 13.8 Å². The number of rotatable bonds is 4. The molecule has 0 amide bonds. The first kappa shape index (κ1) is 13.8. The van der Waals surface area contributed by atoms with Crippen molar-refractivity contribution in [3.8, 4) is 0 Å². The largest absolute Gasteiger partial charge is 0.382 e. The minimum absolute atomic E-state index is 0.437. The van der Waals surface area contributed by atoms with E-state index in [1.807, 2.05) is 18.2 Å². The smallest absolute Gasteiger partial charge is 0.161 e. The van der Waals surface area contributed by atoms with Gasteiger partial charge in [-0.15, -0.1) is 0 Å². The first-order valence-electron chi connectivity index (χ1n) is 6.43. The predicted octanol–water partition coefficient (Wildman–Crippen LogP) is 4.08. The molecule has 3 nitrogen and oxygen atoms in total. The second-order valence-electron chi connectivity index (χ2n) is 4.60. The maximum Gasteiger partial charge on any atom is 0.161 e. The molecule has 0 spiro atoms. The van der Waals surface area contributed by atoms with Crippen LogP contribution in [0.15, 0.2) is 42.7 Å². The molecule has 108 valence electrons. The summed E-state index contributed by atoms with van der Waals surface area (Å²) in [5.74, 6) is -1.76. The van der Waals surface area contributed by atoms with Gasteiger partial charge in [-0.05, 0) is 12.1 Å². The quantitative estimate of drug-likeness (QED) is 0.787. The molecule has 0 aliphatic carbocycles. The fourth-order valence-electron chi connectivity index (χ4n) is 2.15. The average molecular weight is 308 g/mol. The Balaban J connectivity index is 1.74. The van der Waals surface area contributed by atoms with Crippen LogP contribution in [0.25, 0.3) is 11.0 Å². The zero-order valence-corrected chi connectivity index (χ0v) is 11.7. The van der Waals surface area contributed by atoms with Gasteiger partial charge in [0, 0.05) is 25.2 Å². The molecular formula is C15H12ClF2N3. The van der Waals surface area contributed by atoms with Crippen LogP contribution in [0, 0.1) is 11.6 Å². The minimum atomic E-state index is -0.887. The summed E-state index contributed by atoms with van der Waals surface area (Å²) < 4.78 is 28.2. The molecule has 0 saturated carbocycles. The highest BCUT2D eigenvalue weighted by Gasteiger charge is 2.08. The number of benzene rings is 2. The number of hydrogen-bond acceptors (Lipinski definition) is 2. The highest BCUT2D eigenvalue weighted by atomic mass is 35.5. The van der Waals surface area contributed by atoms with Crippen LogP contribution in [0.3, 0.4) is 0 Å². The van der Waals surface area contributed by atoms with E-state index in [2.05, 4.69) is 10.3 Å². The highest BCUT2D eigenvalue weighted by Crippen LogP contribution is 2.21. The van der Waals surface area contributed by atoms with Gasteiger partial charge in [0.1, 0.15) is 0 Å². The SMILES string of the molecule is Fc1cc2ncn(CCNc3ccccc3Cl)c2cc1F. The first-order chi connectivity index (χ1) is 10.1. The number of imidazole rings is 1. The summed E-state index contributed by atoms with van der Waals surface area (Å²) in [7, 11) is 0. The van der Waals surface area contributed by atoms with Crippen LogP contribution in [0.1, 0.15) is 0 Å². The Morgan fingerprint density at radius 2 is 1.90 bits per heavy atom. The standard InChI is InChI=1S/C15H12ClF2N3/c16-10-3-1-2-4-13(10)19-5-6-21-9-20-14-7-11(17)12(18)8-15(14)21/h1-4,7-9,19H,5-6H2. The average Bonchev–Trinajstić information content (AvgIpc) is 2.84. The second kappa shape index (κ2) is 5.69. The van der Waals surface area contributed by atoms with Crippen molar-refractivity contribution in [3.05, 3.63) is 59.4 Å². The molecule has 3 rings (SSSR count). The van der Waals surface area contributed by atoms with Crippen molar-refractivity contribution in [3.63, 3.8) is 0 Å². The maximum absolute atomic E-state index is 13.3. The number of nitrogens with one attached hydrogen (secondary N) is 1. The number of aromatic nitrogens is 2. The molecule has 0 atom stereocenters. The van der Waals surface area contributed by atoms with Crippen LogP contribution in [0.2, 0.25) is 5.02 Å². The Morgan fingerprint density at radius 1 is 1.14 bits per heavy atom. The summed E-state index contributed by atoms with van der Waals surface area (Å²) in [6.07, 6.45) is 1.57. The van der Waals surface area contributed by atoms with Crippen LogP contribution in [-0.2, 0) is 6.54 Å². The summed E-state index contributed by atoms with van der Waals surface area (Å²) in [5, 5.41) is 3.83. The molecule has 21 heavy (non-hydrogen) atoms. The number of halogens is 3. The van der Waals surface area contributed by atoms with Gasteiger partial charge < -0.3 is 9.88 Å². The van der Waals surface area contributed by atoms with Crippen LogP contribution >= 0.6 is 11.6 Å². The third kappa shape index (κ3) is 2.83. The summed E-state index contributed by atoms with van der Waals surface area (Å²) in [6, 6.07) is 9.68. The predicted molar refractivity (Wildman–Crippen MR) is 79.6 cm³/mol. The molecule has 1 heterocycles. The zero-order valence-electron chi connectivity index (χ0n) is 11.0. The van der Waals surface area contributed by atoms with Crippen molar-refractivity contribution < 1.29 is 8.78 Å². The van der Waals surface area contributed by atoms with Crippen molar-refractivity contribution in [2.75, 3.05) is 11.9 Å². The van der Waals surface area contributed by atoms with E-state index in [0.29, 0.717) is 29.1 Å². The lowest BCUT2D eigenvalue weighted by Crippen LogP contribution is -2.10. The van der Waals surface area contributed by atoms with Gasteiger partial charge in [0.2, 0.25) is 0 Å². The first-order valence-corrected chi connectivity index (χ1v) is 6.81. The van der Waals surface area contributed by atoms with Gasteiger partial charge in [0.25, 0.3) is 0 Å². The lowest BCUT2D eigenvalue weighted by molar-refractivity contribution is 0.510. The molecule has 0 unspecified atom stereocenters. The van der Waals surface area contributed by atoms with Gasteiger partial charge >= 0.3 is 0 Å². The third-order valence-electron chi connectivity index (χ3n) is 3.21. The second-order valence-corrected chi connectivity index (χ2v) is 5.01. The number of hydrogen-bond donors (Lipinski definition) is 1. The fourth-order valence-corrected chi connectivity index (χ4v) is 2.35. The van der Waals surface area contributed by atoms with E-state index in [9.17, 15) is 8.78 Å². The minimum Gasteiger partial charge on any atom is -0.382 e. The molecule has 0 radical (unpaired) electrons. The highest BCUT2D eigenvalue weighted by molar-refractivity contribution is 6.33. The zero-order chi connectivity index (χ0) is 14.8. The Hall–Kier alpha value is -2.14. The van der Waals surface area contributed by atoms with Crippen molar-refractivity contribution in [2.45, 2.75) is 6.54 Å². The van der Waals surface area contributed by atoms with E-state index in [-0.39, 0.29) is 0 Å². The van der Waals surface area contributed by atoms with Crippen molar-refractivity contribution in [2.24, 2.45) is 0 Å². The van der Waals surface area contributed by atoms with E-state index in [1.165, 1.54) is 0 Å². The third-order valence-corrected chi connectivity index (χ3v) is 3.53. The van der Waals surface area contributed by atoms with Gasteiger partial charge in [-0.2, -0.15) is 0 Å². The Kier molecular flexibility index (Phi) is 3.75. The molecule has 0 aliphatic rings. The number of nitrogens with zero attached hydrogens (tertiary/aromatic N) is 2. The molecule has 1 aromatic heterocycles. The molecule has 6 heteroatoms. The van der Waals surface area contributed by atoms with Gasteiger partial charge in [-0.1, -0.05) is 23.7 Å². The van der Waals surface area contributed by atoms with Crippen LogP contribution in [0.4, 0.5) is 14.5 Å². The normalized spacial score (nSPS) is 11.0. The number of anilines is 1. The topological polar surface area (TPSA) is 29.9 Å². The summed E-state index contributed by atoms with van der Waals surface area (Å²) in [4.78, 5) is 4.07. The van der Waals surface area contributed by atoms with Crippen molar-refractivity contribution in [1.82, 2.24) is 9.55 Å². The van der Waals surface area contributed by atoms with E-state index in [1.54, 1.807) is 17.0 Å².